The van der Waals surface area contributed by atoms with Crippen molar-refractivity contribution in [2.75, 3.05) is 13.7 Å². The Morgan fingerprint density at radius 3 is 2.73 bits per heavy atom. The maximum absolute atomic E-state index is 11.0. The first-order valence-corrected chi connectivity index (χ1v) is 3.45. The molecule has 0 saturated heterocycles. The average molecular weight is 157 g/mol. The fourth-order valence-electron chi connectivity index (χ4n) is 1.05. The van der Waals surface area contributed by atoms with Crippen molar-refractivity contribution >= 4 is 5.91 Å². The van der Waals surface area contributed by atoms with Gasteiger partial charge in [-0.2, -0.15) is 0 Å². The highest BCUT2D eigenvalue weighted by molar-refractivity contribution is 5.91. The molecule has 0 aromatic carbocycles. The van der Waals surface area contributed by atoms with Gasteiger partial charge >= 0.3 is 0 Å². The summed E-state index contributed by atoms with van der Waals surface area (Å²) in [6, 6.07) is 0. The third kappa shape index (κ3) is 1.21. The minimum Gasteiger partial charge on any atom is -0.496 e. The molecule has 1 heterocycles. The van der Waals surface area contributed by atoms with Crippen molar-refractivity contribution in [3.63, 3.8) is 0 Å². The molecule has 4 heteroatoms. The molecule has 0 aliphatic carbocycles. The largest absolute Gasteiger partial charge is 0.496 e. The number of hydrogen-bond donors (Lipinski definition) is 1. The van der Waals surface area contributed by atoms with Crippen molar-refractivity contribution in [2.45, 2.75) is 13.2 Å². The lowest BCUT2D eigenvalue weighted by molar-refractivity contribution is -0.131. The van der Waals surface area contributed by atoms with Gasteiger partial charge in [-0.3, -0.25) is 4.79 Å². The molecule has 62 valence electrons. The average Bonchev–Trinajstić information content (AvgIpc) is 2.26. The van der Waals surface area contributed by atoms with Crippen LogP contribution in [0.25, 0.3) is 0 Å². The standard InChI is InChI=1S/C7H11NO3/c1-3-8-6(9)4-5(11-2)7(8)10/h4,7,10H,3H2,1-2H3. The van der Waals surface area contributed by atoms with E-state index in [-0.39, 0.29) is 5.91 Å². The topological polar surface area (TPSA) is 49.8 Å². The molecule has 0 aromatic heterocycles. The predicted molar refractivity (Wildman–Crippen MR) is 38.5 cm³/mol. The van der Waals surface area contributed by atoms with Gasteiger partial charge in [0.1, 0.15) is 0 Å². The molecule has 11 heavy (non-hydrogen) atoms. The summed E-state index contributed by atoms with van der Waals surface area (Å²) in [4.78, 5) is 12.3. The van der Waals surface area contributed by atoms with E-state index in [1.54, 1.807) is 6.92 Å². The summed E-state index contributed by atoms with van der Waals surface area (Å²) in [6.45, 7) is 2.29. The minimum atomic E-state index is -0.891. The van der Waals surface area contributed by atoms with Crippen LogP contribution in [0.3, 0.4) is 0 Å². The van der Waals surface area contributed by atoms with Gasteiger partial charge in [0, 0.05) is 12.6 Å². The number of carbonyl (C=O) groups is 1. The van der Waals surface area contributed by atoms with E-state index < -0.39 is 6.23 Å². The van der Waals surface area contributed by atoms with E-state index in [9.17, 15) is 9.90 Å². The zero-order valence-electron chi connectivity index (χ0n) is 6.57. The highest BCUT2D eigenvalue weighted by Crippen LogP contribution is 2.16. The molecule has 1 rings (SSSR count). The molecule has 0 spiro atoms. The summed E-state index contributed by atoms with van der Waals surface area (Å²) >= 11 is 0. The molecule has 0 aromatic rings. The van der Waals surface area contributed by atoms with Crippen molar-refractivity contribution < 1.29 is 14.6 Å². The Kier molecular flexibility index (Phi) is 2.14. The number of ether oxygens (including phenoxy) is 1. The van der Waals surface area contributed by atoms with Crippen molar-refractivity contribution in [2.24, 2.45) is 0 Å². The quantitative estimate of drug-likeness (QED) is 0.598. The van der Waals surface area contributed by atoms with E-state index in [0.717, 1.165) is 0 Å². The van der Waals surface area contributed by atoms with Gasteiger partial charge in [-0.25, -0.2) is 0 Å². The van der Waals surface area contributed by atoms with Crippen molar-refractivity contribution in [3.05, 3.63) is 11.8 Å². The minimum absolute atomic E-state index is 0.197. The Hall–Kier alpha value is -1.03. The van der Waals surface area contributed by atoms with E-state index in [0.29, 0.717) is 12.3 Å². The molecule has 1 unspecified atom stereocenters. The van der Waals surface area contributed by atoms with Crippen LogP contribution in [0.4, 0.5) is 0 Å². The maximum atomic E-state index is 11.0. The Balaban J connectivity index is 2.75. The summed E-state index contributed by atoms with van der Waals surface area (Å²) in [5.74, 6) is 0.119. The van der Waals surface area contributed by atoms with Gasteiger partial charge in [-0.1, -0.05) is 0 Å². The smallest absolute Gasteiger partial charge is 0.252 e. The number of likely N-dealkylation sites (N-methyl/N-ethyl adjacent to an activating group) is 1. The lowest BCUT2D eigenvalue weighted by Crippen LogP contribution is -2.34. The highest BCUT2D eigenvalue weighted by atomic mass is 16.5. The monoisotopic (exact) mass is 157 g/mol. The van der Waals surface area contributed by atoms with E-state index >= 15 is 0 Å². The first-order valence-electron chi connectivity index (χ1n) is 3.45. The van der Waals surface area contributed by atoms with Gasteiger partial charge < -0.3 is 14.7 Å². The fourth-order valence-corrected chi connectivity index (χ4v) is 1.05. The third-order valence-corrected chi connectivity index (χ3v) is 1.67. The molecule has 1 amide bonds. The summed E-state index contributed by atoms with van der Waals surface area (Å²) in [5.41, 5.74) is 0. The normalized spacial score (nSPS) is 23.9. The van der Waals surface area contributed by atoms with Crippen LogP contribution >= 0.6 is 0 Å². The molecule has 0 bridgehead atoms. The molecule has 1 N–H and O–H groups in total. The second kappa shape index (κ2) is 2.92. The van der Waals surface area contributed by atoms with Gasteiger partial charge in [0.25, 0.3) is 5.91 Å². The summed E-state index contributed by atoms with van der Waals surface area (Å²) in [6.07, 6.45) is 0.409. The highest BCUT2D eigenvalue weighted by Gasteiger charge is 2.30. The second-order valence-corrected chi connectivity index (χ2v) is 2.25. The van der Waals surface area contributed by atoms with Gasteiger partial charge in [0.2, 0.25) is 0 Å². The molecule has 0 fully saturated rings. The molecular formula is C7H11NO3. The molecule has 1 atom stereocenters. The Morgan fingerprint density at radius 1 is 1.82 bits per heavy atom. The Morgan fingerprint density at radius 2 is 2.45 bits per heavy atom. The Bertz CT molecular complexity index is 200. The van der Waals surface area contributed by atoms with Crippen LogP contribution in [0.15, 0.2) is 11.8 Å². The molecule has 0 radical (unpaired) electrons. The van der Waals surface area contributed by atoms with Crippen LogP contribution in [0.5, 0.6) is 0 Å². The number of carbonyl (C=O) groups excluding carboxylic acids is 1. The first kappa shape index (κ1) is 8.07. The third-order valence-electron chi connectivity index (χ3n) is 1.67. The van der Waals surface area contributed by atoms with Gasteiger partial charge in [0.15, 0.2) is 12.0 Å². The van der Waals surface area contributed by atoms with Crippen molar-refractivity contribution in [1.29, 1.82) is 0 Å². The van der Waals surface area contributed by atoms with E-state index in [4.69, 9.17) is 4.74 Å². The lowest BCUT2D eigenvalue weighted by Gasteiger charge is -2.19. The van der Waals surface area contributed by atoms with Gasteiger partial charge in [-0.05, 0) is 6.92 Å². The van der Waals surface area contributed by atoms with Crippen molar-refractivity contribution in [1.82, 2.24) is 4.90 Å². The van der Waals surface area contributed by atoms with Crippen LogP contribution in [-0.4, -0.2) is 35.8 Å². The number of aliphatic hydroxyl groups excluding tert-OH is 1. The number of methoxy groups -OCH3 is 1. The van der Waals surface area contributed by atoms with Gasteiger partial charge in [-0.15, -0.1) is 0 Å². The zero-order chi connectivity index (χ0) is 8.43. The van der Waals surface area contributed by atoms with Crippen molar-refractivity contribution in [3.8, 4) is 0 Å². The van der Waals surface area contributed by atoms with E-state index in [1.165, 1.54) is 18.1 Å². The number of amides is 1. The molecular weight excluding hydrogens is 146 g/mol. The summed E-state index contributed by atoms with van der Waals surface area (Å²) in [5, 5.41) is 9.33. The molecule has 0 saturated carbocycles. The number of aliphatic hydroxyl groups is 1. The predicted octanol–water partition coefficient (Wildman–Crippen LogP) is -0.303. The number of rotatable bonds is 2. The van der Waals surface area contributed by atoms with Crippen LogP contribution in [0.1, 0.15) is 6.92 Å². The number of hydrogen-bond acceptors (Lipinski definition) is 3. The second-order valence-electron chi connectivity index (χ2n) is 2.25. The molecule has 1 aliphatic rings. The zero-order valence-corrected chi connectivity index (χ0v) is 6.57. The SMILES string of the molecule is CCN1C(=O)C=C(OC)C1O. The van der Waals surface area contributed by atoms with E-state index in [2.05, 4.69) is 0 Å². The van der Waals surface area contributed by atoms with Gasteiger partial charge in [0.05, 0.1) is 7.11 Å². The van der Waals surface area contributed by atoms with Crippen LogP contribution in [0, 0.1) is 0 Å². The number of nitrogens with zero attached hydrogens (tertiary/aromatic N) is 1. The Labute approximate surface area is 65.1 Å². The first-order chi connectivity index (χ1) is 5.20. The van der Waals surface area contributed by atoms with Crippen LogP contribution in [-0.2, 0) is 9.53 Å². The maximum Gasteiger partial charge on any atom is 0.252 e. The lowest BCUT2D eigenvalue weighted by atomic mass is 10.5. The van der Waals surface area contributed by atoms with Crippen LogP contribution < -0.4 is 0 Å². The molecule has 1 aliphatic heterocycles. The summed E-state index contributed by atoms with van der Waals surface area (Å²) < 4.78 is 4.77. The summed E-state index contributed by atoms with van der Waals surface area (Å²) in [7, 11) is 1.43. The fraction of sp³-hybridized carbons (Fsp3) is 0.571. The van der Waals surface area contributed by atoms with Crippen LogP contribution in [0.2, 0.25) is 0 Å². The molecule has 4 nitrogen and oxygen atoms in total. The van der Waals surface area contributed by atoms with E-state index in [1.807, 2.05) is 0 Å².